The van der Waals surface area contributed by atoms with E-state index in [1.807, 2.05) is 12.1 Å². The zero-order chi connectivity index (χ0) is 13.0. The quantitative estimate of drug-likeness (QED) is 0.882. The number of benzene rings is 1. The van der Waals surface area contributed by atoms with E-state index < -0.39 is 0 Å². The number of hydrogen-bond acceptors (Lipinski definition) is 4. The van der Waals surface area contributed by atoms with Gasteiger partial charge in [-0.2, -0.15) is 0 Å². The van der Waals surface area contributed by atoms with Crippen molar-refractivity contribution in [2.24, 2.45) is 0 Å². The molecule has 2 aromatic rings. The van der Waals surface area contributed by atoms with E-state index in [1.165, 1.54) is 4.88 Å². The number of nitrogens with one attached hydrogen (secondary N) is 1. The monoisotopic (exact) mass is 327 g/mol. The Morgan fingerprint density at radius 1 is 1.39 bits per heavy atom. The molecule has 0 saturated carbocycles. The average Bonchev–Trinajstić information content (AvgIpc) is 2.86. The summed E-state index contributed by atoms with van der Waals surface area (Å²) in [6.45, 7) is 1.39. The van der Waals surface area contributed by atoms with Crippen molar-refractivity contribution < 1.29 is 9.84 Å². The van der Waals surface area contributed by atoms with E-state index in [1.54, 1.807) is 24.5 Å². The van der Waals surface area contributed by atoms with Gasteiger partial charge < -0.3 is 15.2 Å². The van der Waals surface area contributed by atoms with Crippen LogP contribution < -0.4 is 10.1 Å². The van der Waals surface area contributed by atoms with E-state index in [4.69, 9.17) is 4.74 Å². The third kappa shape index (κ3) is 3.25. The lowest BCUT2D eigenvalue weighted by molar-refractivity contribution is 0.369. The predicted octanol–water partition coefficient (Wildman–Crippen LogP) is 3.51. The molecular weight excluding hydrogens is 314 g/mol. The molecule has 96 valence electrons. The zero-order valence-electron chi connectivity index (χ0n) is 9.94. The lowest BCUT2D eigenvalue weighted by Gasteiger charge is -2.10. The first-order chi connectivity index (χ1) is 8.70. The maximum atomic E-state index is 9.99. The standard InChI is InChI=1S/C13H14BrNO2S/c1-17-12-6-10(14)5-9(13(12)16)7-15-8-11-3-2-4-18-11/h2-6,15-16H,7-8H2,1H3. The Hall–Kier alpha value is -1.04. The molecule has 0 unspecified atom stereocenters. The SMILES string of the molecule is COc1cc(Br)cc(CNCc2cccs2)c1O. The van der Waals surface area contributed by atoms with Gasteiger partial charge in [0.25, 0.3) is 0 Å². The number of ether oxygens (including phenoxy) is 1. The number of halogens is 1. The summed E-state index contributed by atoms with van der Waals surface area (Å²) < 4.78 is 6.01. The Bertz CT molecular complexity index is 514. The van der Waals surface area contributed by atoms with E-state index in [-0.39, 0.29) is 5.75 Å². The van der Waals surface area contributed by atoms with Crippen molar-refractivity contribution in [2.75, 3.05) is 7.11 Å². The minimum atomic E-state index is 0.194. The van der Waals surface area contributed by atoms with Gasteiger partial charge in [-0.25, -0.2) is 0 Å². The number of phenols is 1. The summed E-state index contributed by atoms with van der Waals surface area (Å²) in [6.07, 6.45) is 0. The van der Waals surface area contributed by atoms with E-state index in [9.17, 15) is 5.11 Å². The van der Waals surface area contributed by atoms with Crippen LogP contribution in [0.4, 0.5) is 0 Å². The lowest BCUT2D eigenvalue weighted by Crippen LogP contribution is -2.12. The molecule has 0 atom stereocenters. The van der Waals surface area contributed by atoms with Crippen molar-refractivity contribution in [1.29, 1.82) is 0 Å². The maximum absolute atomic E-state index is 9.99. The highest BCUT2D eigenvalue weighted by molar-refractivity contribution is 9.10. The van der Waals surface area contributed by atoms with Crippen LogP contribution in [0.2, 0.25) is 0 Å². The van der Waals surface area contributed by atoms with Crippen LogP contribution >= 0.6 is 27.3 Å². The fourth-order valence-corrected chi connectivity index (χ4v) is 2.81. The van der Waals surface area contributed by atoms with E-state index >= 15 is 0 Å². The zero-order valence-corrected chi connectivity index (χ0v) is 12.3. The topological polar surface area (TPSA) is 41.5 Å². The predicted molar refractivity (Wildman–Crippen MR) is 77.2 cm³/mol. The second-order valence-corrected chi connectivity index (χ2v) is 5.75. The van der Waals surface area contributed by atoms with Crippen LogP contribution in [0.15, 0.2) is 34.1 Å². The Balaban J connectivity index is 2.02. The molecule has 1 aromatic carbocycles. The lowest BCUT2D eigenvalue weighted by atomic mass is 10.2. The van der Waals surface area contributed by atoms with E-state index in [2.05, 4.69) is 32.7 Å². The molecule has 0 fully saturated rings. The second-order valence-electron chi connectivity index (χ2n) is 3.80. The van der Waals surface area contributed by atoms with Crippen LogP contribution in [0.5, 0.6) is 11.5 Å². The maximum Gasteiger partial charge on any atom is 0.162 e. The molecule has 18 heavy (non-hydrogen) atoms. The van der Waals surface area contributed by atoms with Gasteiger partial charge in [0.05, 0.1) is 7.11 Å². The molecule has 0 aliphatic carbocycles. The number of methoxy groups -OCH3 is 1. The normalized spacial score (nSPS) is 10.6. The third-order valence-electron chi connectivity index (χ3n) is 2.53. The van der Waals surface area contributed by atoms with Gasteiger partial charge in [0, 0.05) is 28.0 Å². The molecule has 0 aliphatic rings. The van der Waals surface area contributed by atoms with Gasteiger partial charge in [-0.15, -0.1) is 11.3 Å². The summed E-state index contributed by atoms with van der Waals surface area (Å²) in [4.78, 5) is 1.27. The van der Waals surface area contributed by atoms with Gasteiger partial charge in [0.15, 0.2) is 11.5 Å². The first kappa shape index (κ1) is 13.4. The van der Waals surface area contributed by atoms with Gasteiger partial charge in [0.1, 0.15) is 0 Å². The molecule has 3 nitrogen and oxygen atoms in total. The van der Waals surface area contributed by atoms with Crippen LogP contribution in [0, 0.1) is 0 Å². The fourth-order valence-electron chi connectivity index (χ4n) is 1.65. The molecular formula is C13H14BrNO2S. The summed E-state index contributed by atoms with van der Waals surface area (Å²) in [5.74, 6) is 0.677. The van der Waals surface area contributed by atoms with E-state index in [0.29, 0.717) is 12.3 Å². The number of hydrogen-bond donors (Lipinski definition) is 2. The Kier molecular flexibility index (Phi) is 4.63. The summed E-state index contributed by atoms with van der Waals surface area (Å²) in [5, 5.41) is 15.3. The van der Waals surface area contributed by atoms with Crippen molar-refractivity contribution in [3.05, 3.63) is 44.6 Å². The molecule has 0 bridgehead atoms. The molecule has 0 aliphatic heterocycles. The minimum absolute atomic E-state index is 0.194. The van der Waals surface area contributed by atoms with Crippen molar-refractivity contribution >= 4 is 27.3 Å². The summed E-state index contributed by atoms with van der Waals surface area (Å²) in [7, 11) is 1.55. The van der Waals surface area contributed by atoms with Gasteiger partial charge >= 0.3 is 0 Å². The molecule has 5 heteroatoms. The highest BCUT2D eigenvalue weighted by Gasteiger charge is 2.09. The molecule has 2 rings (SSSR count). The largest absolute Gasteiger partial charge is 0.504 e. The average molecular weight is 328 g/mol. The van der Waals surface area contributed by atoms with Crippen LogP contribution in [-0.2, 0) is 13.1 Å². The number of rotatable bonds is 5. The van der Waals surface area contributed by atoms with Crippen LogP contribution in [-0.4, -0.2) is 12.2 Å². The highest BCUT2D eigenvalue weighted by atomic mass is 79.9. The molecule has 0 spiro atoms. The molecule has 1 heterocycles. The molecule has 0 amide bonds. The number of thiophene rings is 1. The molecule has 0 radical (unpaired) electrons. The Labute approximate surface area is 119 Å². The van der Waals surface area contributed by atoms with Gasteiger partial charge in [-0.1, -0.05) is 22.0 Å². The molecule has 1 aromatic heterocycles. The smallest absolute Gasteiger partial charge is 0.162 e. The van der Waals surface area contributed by atoms with E-state index in [0.717, 1.165) is 16.6 Å². The summed E-state index contributed by atoms with van der Waals surface area (Å²) >= 11 is 5.12. The first-order valence-electron chi connectivity index (χ1n) is 5.49. The summed E-state index contributed by atoms with van der Waals surface area (Å²) in [5.41, 5.74) is 0.817. The van der Waals surface area contributed by atoms with Gasteiger partial charge in [0.2, 0.25) is 0 Å². The Morgan fingerprint density at radius 3 is 2.89 bits per heavy atom. The number of aromatic hydroxyl groups is 1. The van der Waals surface area contributed by atoms with Crippen molar-refractivity contribution in [3.8, 4) is 11.5 Å². The molecule has 0 saturated heterocycles. The van der Waals surface area contributed by atoms with Crippen LogP contribution in [0.3, 0.4) is 0 Å². The first-order valence-corrected chi connectivity index (χ1v) is 7.16. The van der Waals surface area contributed by atoms with Crippen molar-refractivity contribution in [1.82, 2.24) is 5.32 Å². The van der Waals surface area contributed by atoms with Crippen LogP contribution in [0.25, 0.3) is 0 Å². The number of phenolic OH excluding ortho intramolecular Hbond substituents is 1. The van der Waals surface area contributed by atoms with Crippen LogP contribution in [0.1, 0.15) is 10.4 Å². The second kappa shape index (κ2) is 6.22. The Morgan fingerprint density at radius 2 is 2.22 bits per heavy atom. The minimum Gasteiger partial charge on any atom is -0.504 e. The van der Waals surface area contributed by atoms with Crippen molar-refractivity contribution in [3.63, 3.8) is 0 Å². The molecule has 2 N–H and O–H groups in total. The van der Waals surface area contributed by atoms with Gasteiger partial charge in [-0.3, -0.25) is 0 Å². The fraction of sp³-hybridized carbons (Fsp3) is 0.231. The third-order valence-corrected chi connectivity index (χ3v) is 3.87. The van der Waals surface area contributed by atoms with Gasteiger partial charge in [-0.05, 0) is 23.6 Å². The summed E-state index contributed by atoms with van der Waals surface area (Å²) in [6, 6.07) is 7.75. The van der Waals surface area contributed by atoms with Crippen molar-refractivity contribution in [2.45, 2.75) is 13.1 Å². The highest BCUT2D eigenvalue weighted by Crippen LogP contribution is 2.33.